The Bertz CT molecular complexity index is 459. The van der Waals surface area contributed by atoms with Crippen molar-refractivity contribution in [3.63, 3.8) is 0 Å². The average molecular weight is 281 g/mol. The Balaban J connectivity index is 2.16. The summed E-state index contributed by atoms with van der Waals surface area (Å²) in [7, 11) is 0. The highest BCUT2D eigenvalue weighted by Crippen LogP contribution is 2.36. The molecule has 0 unspecified atom stereocenters. The first-order valence-electron chi connectivity index (χ1n) is 7.24. The number of carbonyl (C=O) groups is 1. The Labute approximate surface area is 118 Å². The average Bonchev–Trinajstić information content (AvgIpc) is 2.63. The number of nitrogens with two attached hydrogens (primary N) is 1. The highest BCUT2D eigenvalue weighted by Gasteiger charge is 2.36. The first-order valence-corrected chi connectivity index (χ1v) is 7.24. The van der Waals surface area contributed by atoms with Crippen LogP contribution in [-0.2, 0) is 11.2 Å². The topological polar surface area (TPSA) is 43.1 Å². The summed E-state index contributed by atoms with van der Waals surface area (Å²) in [6.07, 6.45) is 5.90. The molecule has 0 atom stereocenters. The molecule has 1 fully saturated rings. The van der Waals surface area contributed by atoms with Crippen LogP contribution in [0.1, 0.15) is 44.1 Å². The third kappa shape index (κ3) is 3.42. The van der Waals surface area contributed by atoms with Crippen molar-refractivity contribution in [3.8, 4) is 0 Å². The molecule has 1 saturated carbocycles. The molecular formula is C16H21F2NO. The van der Waals surface area contributed by atoms with Crippen molar-refractivity contribution >= 4 is 5.78 Å². The molecule has 1 aromatic rings. The fourth-order valence-electron chi connectivity index (χ4n) is 3.09. The van der Waals surface area contributed by atoms with Crippen LogP contribution in [0.4, 0.5) is 8.78 Å². The summed E-state index contributed by atoms with van der Waals surface area (Å²) >= 11 is 0. The molecule has 2 nitrogen and oxygen atoms in total. The van der Waals surface area contributed by atoms with E-state index in [9.17, 15) is 13.6 Å². The number of ketones is 1. The smallest absolute Gasteiger partial charge is 0.144 e. The Morgan fingerprint density at radius 1 is 1.05 bits per heavy atom. The van der Waals surface area contributed by atoms with Gasteiger partial charge in [0.1, 0.15) is 17.4 Å². The van der Waals surface area contributed by atoms with Gasteiger partial charge in [0.15, 0.2) is 0 Å². The first-order chi connectivity index (χ1) is 9.55. The number of rotatable bonds is 4. The summed E-state index contributed by atoms with van der Waals surface area (Å²) < 4.78 is 26.4. The molecule has 110 valence electrons. The fourth-order valence-corrected chi connectivity index (χ4v) is 3.09. The maximum atomic E-state index is 13.2. The van der Waals surface area contributed by atoms with Crippen LogP contribution in [-0.4, -0.2) is 12.3 Å². The minimum atomic E-state index is -0.643. The Morgan fingerprint density at radius 2 is 1.60 bits per heavy atom. The number of benzene rings is 1. The van der Waals surface area contributed by atoms with E-state index in [1.807, 2.05) is 0 Å². The number of hydrogen-bond donors (Lipinski definition) is 1. The van der Waals surface area contributed by atoms with E-state index in [-0.39, 0.29) is 12.2 Å². The van der Waals surface area contributed by atoms with Crippen LogP contribution in [0.2, 0.25) is 0 Å². The van der Waals surface area contributed by atoms with Crippen molar-refractivity contribution in [2.45, 2.75) is 44.9 Å². The summed E-state index contributed by atoms with van der Waals surface area (Å²) in [5.74, 6) is -1.27. The van der Waals surface area contributed by atoms with E-state index < -0.39 is 17.0 Å². The van der Waals surface area contributed by atoms with E-state index in [0.29, 0.717) is 12.1 Å². The molecule has 1 aliphatic rings. The lowest BCUT2D eigenvalue weighted by Crippen LogP contribution is -2.39. The van der Waals surface area contributed by atoms with E-state index in [2.05, 4.69) is 0 Å². The van der Waals surface area contributed by atoms with Gasteiger partial charge in [-0.1, -0.05) is 25.7 Å². The van der Waals surface area contributed by atoms with Crippen molar-refractivity contribution in [3.05, 3.63) is 35.4 Å². The zero-order chi connectivity index (χ0) is 14.6. The summed E-state index contributed by atoms with van der Waals surface area (Å²) in [5.41, 5.74) is 5.75. The molecule has 4 heteroatoms. The molecule has 1 aliphatic carbocycles. The molecule has 2 N–H and O–H groups in total. The van der Waals surface area contributed by atoms with Gasteiger partial charge in [-0.3, -0.25) is 4.79 Å². The maximum Gasteiger partial charge on any atom is 0.144 e. The summed E-state index contributed by atoms with van der Waals surface area (Å²) in [6, 6.07) is 3.27. The van der Waals surface area contributed by atoms with E-state index in [0.717, 1.165) is 44.6 Å². The first kappa shape index (κ1) is 15.1. The van der Waals surface area contributed by atoms with Gasteiger partial charge in [0.05, 0.1) is 0 Å². The molecular weight excluding hydrogens is 260 g/mol. The Kier molecular flexibility index (Phi) is 4.86. The molecule has 1 aromatic carbocycles. The standard InChI is InChI=1S/C16H21F2NO/c17-13-7-12(8-14(18)10-13)9-15(20)16(11-19)5-3-1-2-4-6-16/h7-8,10H,1-6,9,11,19H2. The van der Waals surface area contributed by atoms with Crippen LogP contribution >= 0.6 is 0 Å². The van der Waals surface area contributed by atoms with E-state index >= 15 is 0 Å². The van der Waals surface area contributed by atoms with Crippen molar-refractivity contribution in [1.82, 2.24) is 0 Å². The van der Waals surface area contributed by atoms with Gasteiger partial charge >= 0.3 is 0 Å². The van der Waals surface area contributed by atoms with Gasteiger partial charge in [0, 0.05) is 24.4 Å². The minimum absolute atomic E-state index is 0.0203. The number of Topliss-reactive ketones (excluding diaryl/α,β-unsaturated/α-hetero) is 1. The van der Waals surface area contributed by atoms with Crippen LogP contribution in [0.15, 0.2) is 18.2 Å². The normalized spacial score (nSPS) is 18.6. The van der Waals surface area contributed by atoms with Crippen LogP contribution < -0.4 is 5.73 Å². The van der Waals surface area contributed by atoms with Gasteiger partial charge in [-0.2, -0.15) is 0 Å². The second-order valence-electron chi connectivity index (χ2n) is 5.78. The predicted octanol–water partition coefficient (Wildman–Crippen LogP) is 3.38. The third-order valence-electron chi connectivity index (χ3n) is 4.33. The Morgan fingerprint density at radius 3 is 2.10 bits per heavy atom. The summed E-state index contributed by atoms with van der Waals surface area (Å²) in [5, 5.41) is 0. The molecule has 0 aromatic heterocycles. The fraction of sp³-hybridized carbons (Fsp3) is 0.562. The molecule has 20 heavy (non-hydrogen) atoms. The molecule has 0 bridgehead atoms. The lowest BCUT2D eigenvalue weighted by molar-refractivity contribution is -0.128. The largest absolute Gasteiger partial charge is 0.329 e. The number of hydrogen-bond acceptors (Lipinski definition) is 2. The van der Waals surface area contributed by atoms with Gasteiger partial charge in [-0.15, -0.1) is 0 Å². The zero-order valence-corrected chi connectivity index (χ0v) is 11.6. The monoisotopic (exact) mass is 281 g/mol. The second-order valence-corrected chi connectivity index (χ2v) is 5.78. The zero-order valence-electron chi connectivity index (χ0n) is 11.6. The van der Waals surface area contributed by atoms with Gasteiger partial charge in [0.2, 0.25) is 0 Å². The lowest BCUT2D eigenvalue weighted by atomic mass is 9.75. The molecule has 0 aliphatic heterocycles. The Hall–Kier alpha value is -1.29. The molecule has 0 radical (unpaired) electrons. The molecule has 0 saturated heterocycles. The van der Waals surface area contributed by atoms with E-state index in [1.165, 1.54) is 12.1 Å². The molecule has 0 spiro atoms. The van der Waals surface area contributed by atoms with Crippen LogP contribution in [0.5, 0.6) is 0 Å². The molecule has 0 heterocycles. The quantitative estimate of drug-likeness (QED) is 0.860. The van der Waals surface area contributed by atoms with Crippen molar-refractivity contribution in [1.29, 1.82) is 0 Å². The third-order valence-corrected chi connectivity index (χ3v) is 4.33. The van der Waals surface area contributed by atoms with E-state index in [4.69, 9.17) is 5.73 Å². The predicted molar refractivity (Wildman–Crippen MR) is 74.3 cm³/mol. The van der Waals surface area contributed by atoms with Crippen molar-refractivity contribution in [2.24, 2.45) is 11.1 Å². The number of carbonyl (C=O) groups excluding carboxylic acids is 1. The number of halogens is 2. The van der Waals surface area contributed by atoms with Crippen molar-refractivity contribution in [2.75, 3.05) is 6.54 Å². The van der Waals surface area contributed by atoms with Crippen LogP contribution in [0, 0.1) is 17.0 Å². The van der Waals surface area contributed by atoms with Gasteiger partial charge in [-0.05, 0) is 30.5 Å². The lowest BCUT2D eigenvalue weighted by Gasteiger charge is -2.29. The SMILES string of the molecule is NCC1(C(=O)Cc2cc(F)cc(F)c2)CCCCCC1. The minimum Gasteiger partial charge on any atom is -0.329 e. The van der Waals surface area contributed by atoms with Crippen LogP contribution in [0.3, 0.4) is 0 Å². The maximum absolute atomic E-state index is 13.2. The second kappa shape index (κ2) is 6.44. The molecule has 0 amide bonds. The van der Waals surface area contributed by atoms with Crippen LogP contribution in [0.25, 0.3) is 0 Å². The van der Waals surface area contributed by atoms with Gasteiger partial charge in [-0.25, -0.2) is 8.78 Å². The van der Waals surface area contributed by atoms with Crippen molar-refractivity contribution < 1.29 is 13.6 Å². The summed E-state index contributed by atoms with van der Waals surface area (Å²) in [6.45, 7) is 0.323. The highest BCUT2D eigenvalue weighted by atomic mass is 19.1. The van der Waals surface area contributed by atoms with E-state index in [1.54, 1.807) is 0 Å². The van der Waals surface area contributed by atoms with Gasteiger partial charge < -0.3 is 5.73 Å². The summed E-state index contributed by atoms with van der Waals surface area (Å²) in [4.78, 5) is 12.6. The van der Waals surface area contributed by atoms with Gasteiger partial charge in [0.25, 0.3) is 0 Å². The highest BCUT2D eigenvalue weighted by molar-refractivity contribution is 5.87. The molecule has 2 rings (SSSR count).